The Kier molecular flexibility index (Phi) is 11.6. The highest BCUT2D eigenvalue weighted by Crippen LogP contribution is 2.38. The van der Waals surface area contributed by atoms with E-state index in [-0.39, 0.29) is 6.42 Å². The third kappa shape index (κ3) is 12.5. The molecule has 0 aliphatic heterocycles. The van der Waals surface area contributed by atoms with Gasteiger partial charge in [0.05, 0.1) is 6.10 Å². The number of carbonyl (C=O) groups is 2. The van der Waals surface area contributed by atoms with Crippen molar-refractivity contribution in [3.63, 3.8) is 0 Å². The minimum atomic E-state index is -4.82. The lowest BCUT2D eigenvalue weighted by atomic mass is 10.1. The fraction of sp³-hybridized carbons (Fsp3) is 0.846. The first kappa shape index (κ1) is 22.4. The third-order valence-electron chi connectivity index (χ3n) is 3.17. The van der Waals surface area contributed by atoms with E-state index in [1.165, 1.54) is 6.92 Å². The van der Waals surface area contributed by atoms with E-state index in [1.807, 2.05) is 0 Å². The van der Waals surface area contributed by atoms with Crippen LogP contribution in [-0.4, -0.2) is 44.7 Å². The van der Waals surface area contributed by atoms with Gasteiger partial charge in [-0.3, -0.25) is 9.32 Å². The zero-order chi connectivity index (χ0) is 17.9. The molecule has 0 radical (unpaired) electrons. The molecule has 136 valence electrons. The average molecular weight is 371 g/mol. The summed E-state index contributed by atoms with van der Waals surface area (Å²) in [6.45, 7) is 1.18. The molecule has 2 atom stereocenters. The predicted octanol–water partition coefficient (Wildman–Crippen LogP) is 1.71. The van der Waals surface area contributed by atoms with Crippen molar-refractivity contribution in [1.82, 2.24) is 5.32 Å². The number of amides is 1. The summed E-state index contributed by atoms with van der Waals surface area (Å²) < 4.78 is 15.0. The van der Waals surface area contributed by atoms with Gasteiger partial charge in [0.25, 0.3) is 0 Å². The largest absolute Gasteiger partial charge is 0.480 e. The minimum Gasteiger partial charge on any atom is -0.480 e. The smallest absolute Gasteiger partial charge is 0.469 e. The molecule has 0 heterocycles. The lowest BCUT2D eigenvalue weighted by Gasteiger charge is -2.21. The number of hydrogen-bond donors (Lipinski definition) is 5. The number of rotatable bonds is 13. The molecule has 0 aliphatic carbocycles. The summed E-state index contributed by atoms with van der Waals surface area (Å²) in [6.07, 6.45) is 4.57. The Labute approximate surface area is 141 Å². The quantitative estimate of drug-likeness (QED) is 0.189. The van der Waals surface area contributed by atoms with Crippen molar-refractivity contribution in [3.05, 3.63) is 0 Å². The zero-order valence-electron chi connectivity index (χ0n) is 13.2. The second-order valence-corrected chi connectivity index (χ2v) is 6.92. The Morgan fingerprint density at radius 2 is 1.65 bits per heavy atom. The summed E-state index contributed by atoms with van der Waals surface area (Å²) in [4.78, 5) is 40.2. The van der Waals surface area contributed by atoms with Gasteiger partial charge in [0.15, 0.2) is 6.04 Å². The highest BCUT2D eigenvalue weighted by atomic mass is 32.1. The lowest BCUT2D eigenvalue weighted by molar-refractivity contribution is -0.144. The van der Waals surface area contributed by atoms with Crippen LogP contribution in [0.15, 0.2) is 0 Å². The molecular formula is C13H26NO7PS. The monoisotopic (exact) mass is 371 g/mol. The lowest BCUT2D eigenvalue weighted by Crippen LogP contribution is -2.48. The summed E-state index contributed by atoms with van der Waals surface area (Å²) >= 11 is 4.12. The van der Waals surface area contributed by atoms with Gasteiger partial charge < -0.3 is 20.2 Å². The maximum atomic E-state index is 11.7. The molecule has 0 fully saturated rings. The van der Waals surface area contributed by atoms with Crippen LogP contribution in [0.3, 0.4) is 0 Å². The maximum absolute atomic E-state index is 11.7. The number of carboxylic acids is 1. The van der Waals surface area contributed by atoms with Gasteiger partial charge in [0, 0.05) is 6.42 Å². The summed E-state index contributed by atoms with van der Waals surface area (Å²) in [7, 11) is -4.82. The molecule has 4 N–H and O–H groups in total. The molecule has 0 rings (SSSR count). The average Bonchev–Trinajstić information content (AvgIpc) is 2.41. The van der Waals surface area contributed by atoms with Crippen molar-refractivity contribution in [2.24, 2.45) is 0 Å². The molecule has 8 nitrogen and oxygen atoms in total. The summed E-state index contributed by atoms with van der Waals surface area (Å²) in [5.41, 5.74) is 0. The SMILES string of the molecule is C[C@@H](OP(=O)(O)O)[C@H](NC(=O)CCCCCCCCS)C(=O)O. The number of thiol groups is 1. The molecule has 0 aromatic carbocycles. The van der Waals surface area contributed by atoms with Crippen LogP contribution in [0.4, 0.5) is 0 Å². The van der Waals surface area contributed by atoms with E-state index in [0.29, 0.717) is 6.42 Å². The van der Waals surface area contributed by atoms with Crippen molar-refractivity contribution >= 4 is 32.3 Å². The predicted molar refractivity (Wildman–Crippen MR) is 88.3 cm³/mol. The Morgan fingerprint density at radius 3 is 2.13 bits per heavy atom. The van der Waals surface area contributed by atoms with E-state index >= 15 is 0 Å². The van der Waals surface area contributed by atoms with Gasteiger partial charge in [0.2, 0.25) is 5.91 Å². The highest BCUT2D eigenvalue weighted by Gasteiger charge is 2.32. The van der Waals surface area contributed by atoms with Crippen molar-refractivity contribution in [2.45, 2.75) is 64.0 Å². The molecule has 10 heteroatoms. The van der Waals surface area contributed by atoms with Gasteiger partial charge in [-0.15, -0.1) is 0 Å². The summed E-state index contributed by atoms with van der Waals surface area (Å²) in [6, 6.07) is -1.51. The van der Waals surface area contributed by atoms with Gasteiger partial charge >= 0.3 is 13.8 Å². The van der Waals surface area contributed by atoms with Crippen LogP contribution in [0.2, 0.25) is 0 Å². The van der Waals surface area contributed by atoms with Gasteiger partial charge in [-0.1, -0.05) is 25.7 Å². The fourth-order valence-electron chi connectivity index (χ4n) is 2.01. The summed E-state index contributed by atoms with van der Waals surface area (Å²) in [5.74, 6) is -1.02. The number of phosphoric ester groups is 1. The Morgan fingerprint density at radius 1 is 1.13 bits per heavy atom. The van der Waals surface area contributed by atoms with E-state index in [1.54, 1.807) is 0 Å². The highest BCUT2D eigenvalue weighted by molar-refractivity contribution is 7.80. The Balaban J connectivity index is 4.11. The Hall–Kier alpha value is -0.600. The number of phosphoric acid groups is 1. The van der Waals surface area contributed by atoms with Crippen molar-refractivity contribution in [3.8, 4) is 0 Å². The number of nitrogens with one attached hydrogen (secondary N) is 1. The minimum absolute atomic E-state index is 0.166. The molecule has 0 spiro atoms. The standard InChI is InChI=1S/C13H26NO7PS/c1-10(21-22(18,19)20)12(13(16)17)14-11(15)8-6-4-2-3-5-7-9-23/h10,12,23H,2-9H2,1H3,(H,14,15)(H,16,17)(H2,18,19,20)/t10-,12+/m1/s1. The first-order chi connectivity index (χ1) is 10.7. The van der Waals surface area contributed by atoms with E-state index in [2.05, 4.69) is 22.5 Å². The molecule has 0 bridgehead atoms. The molecule has 0 aliphatic rings. The van der Waals surface area contributed by atoms with Crippen LogP contribution in [0.5, 0.6) is 0 Å². The molecule has 0 aromatic rings. The van der Waals surface area contributed by atoms with E-state index in [9.17, 15) is 14.2 Å². The summed E-state index contributed by atoms with van der Waals surface area (Å²) in [5, 5.41) is 11.3. The maximum Gasteiger partial charge on any atom is 0.469 e. The number of hydrogen-bond acceptors (Lipinski definition) is 5. The molecule has 23 heavy (non-hydrogen) atoms. The van der Waals surface area contributed by atoms with Crippen LogP contribution in [0.25, 0.3) is 0 Å². The molecule has 0 unspecified atom stereocenters. The first-order valence-electron chi connectivity index (χ1n) is 7.54. The number of carbonyl (C=O) groups excluding carboxylic acids is 1. The molecule has 1 amide bonds. The number of carboxylic acid groups (broad SMARTS) is 1. The molecule has 0 aromatic heterocycles. The van der Waals surface area contributed by atoms with Crippen molar-refractivity contribution < 1.29 is 33.6 Å². The zero-order valence-corrected chi connectivity index (χ0v) is 15.0. The topological polar surface area (TPSA) is 133 Å². The first-order valence-corrected chi connectivity index (χ1v) is 9.70. The number of unbranched alkanes of at least 4 members (excludes halogenated alkanes) is 5. The number of aliphatic carboxylic acids is 1. The normalized spacial score (nSPS) is 14.3. The van der Waals surface area contributed by atoms with Crippen molar-refractivity contribution in [1.29, 1.82) is 0 Å². The van der Waals surface area contributed by atoms with E-state index in [4.69, 9.17) is 14.9 Å². The fourth-order valence-corrected chi connectivity index (χ4v) is 2.79. The second kappa shape index (κ2) is 11.9. The van der Waals surface area contributed by atoms with Gasteiger partial charge in [-0.25, -0.2) is 9.36 Å². The van der Waals surface area contributed by atoms with Crippen LogP contribution in [0.1, 0.15) is 51.9 Å². The van der Waals surface area contributed by atoms with Crippen LogP contribution < -0.4 is 5.32 Å². The van der Waals surface area contributed by atoms with Crippen LogP contribution in [-0.2, 0) is 18.7 Å². The van der Waals surface area contributed by atoms with Gasteiger partial charge in [-0.2, -0.15) is 12.6 Å². The van der Waals surface area contributed by atoms with Gasteiger partial charge in [0.1, 0.15) is 0 Å². The van der Waals surface area contributed by atoms with Crippen molar-refractivity contribution in [2.75, 3.05) is 5.75 Å². The van der Waals surface area contributed by atoms with Gasteiger partial charge in [-0.05, 0) is 25.5 Å². The van der Waals surface area contributed by atoms with E-state index < -0.39 is 31.8 Å². The Bertz CT molecular complexity index is 415. The third-order valence-corrected chi connectivity index (χ3v) is 4.09. The molecule has 0 saturated heterocycles. The van der Waals surface area contributed by atoms with E-state index in [0.717, 1.165) is 37.9 Å². The van der Waals surface area contributed by atoms with Crippen LogP contribution >= 0.6 is 20.5 Å². The molecular weight excluding hydrogens is 345 g/mol. The van der Waals surface area contributed by atoms with Crippen LogP contribution in [0, 0.1) is 0 Å². The second-order valence-electron chi connectivity index (χ2n) is 5.28. The molecule has 0 saturated carbocycles.